The molecule has 2 aromatic rings. The van der Waals surface area contributed by atoms with Crippen molar-refractivity contribution < 1.29 is 24.2 Å². The van der Waals surface area contributed by atoms with E-state index in [0.29, 0.717) is 19.5 Å². The summed E-state index contributed by atoms with van der Waals surface area (Å²) in [5.74, 6) is -0.894. The molecule has 0 radical (unpaired) electrons. The number of carbonyl (C=O) groups excluding carboxylic acids is 2. The van der Waals surface area contributed by atoms with Gasteiger partial charge in [0.25, 0.3) is 0 Å². The van der Waals surface area contributed by atoms with Crippen LogP contribution in [0.15, 0.2) is 48.5 Å². The van der Waals surface area contributed by atoms with Crippen LogP contribution in [0, 0.1) is 5.92 Å². The van der Waals surface area contributed by atoms with Crippen molar-refractivity contribution in [2.45, 2.75) is 44.6 Å². The van der Waals surface area contributed by atoms with Crippen LogP contribution in [0.2, 0.25) is 0 Å². The zero-order chi connectivity index (χ0) is 23.4. The predicted molar refractivity (Wildman–Crippen MR) is 124 cm³/mol. The maximum absolute atomic E-state index is 12.6. The quantitative estimate of drug-likeness (QED) is 0.602. The van der Waals surface area contributed by atoms with Gasteiger partial charge in [-0.25, -0.2) is 4.79 Å². The lowest BCUT2D eigenvalue weighted by molar-refractivity contribution is -0.145. The number of likely N-dealkylation sites (tertiary alicyclic amines) is 1. The van der Waals surface area contributed by atoms with Crippen LogP contribution < -0.4 is 5.32 Å². The van der Waals surface area contributed by atoms with Gasteiger partial charge in [-0.05, 0) is 28.7 Å². The van der Waals surface area contributed by atoms with Crippen LogP contribution in [0.1, 0.15) is 49.7 Å². The van der Waals surface area contributed by atoms with Crippen molar-refractivity contribution in [2.75, 3.05) is 19.7 Å². The number of carboxylic acid groups (broad SMARTS) is 1. The third-order valence-electron chi connectivity index (χ3n) is 6.50. The molecular weight excluding hydrogens is 420 g/mol. The number of benzene rings is 2. The van der Waals surface area contributed by atoms with Gasteiger partial charge in [0, 0.05) is 37.4 Å². The van der Waals surface area contributed by atoms with E-state index in [0.717, 1.165) is 17.5 Å². The van der Waals surface area contributed by atoms with Crippen LogP contribution in [0.4, 0.5) is 4.79 Å². The molecule has 33 heavy (non-hydrogen) atoms. The molecule has 2 amide bonds. The minimum Gasteiger partial charge on any atom is -0.481 e. The maximum Gasteiger partial charge on any atom is 0.407 e. The molecule has 174 valence electrons. The lowest BCUT2D eigenvalue weighted by Crippen LogP contribution is -2.52. The minimum absolute atomic E-state index is 0.0123. The highest BCUT2D eigenvalue weighted by molar-refractivity contribution is 5.80. The molecule has 1 aliphatic heterocycles. The van der Waals surface area contributed by atoms with Gasteiger partial charge in [0.05, 0.1) is 6.42 Å². The lowest BCUT2D eigenvalue weighted by Gasteiger charge is -2.39. The molecule has 0 saturated carbocycles. The number of fused-ring (bicyclic) bond motifs is 3. The number of hydrogen-bond acceptors (Lipinski definition) is 4. The smallest absolute Gasteiger partial charge is 0.407 e. The Morgan fingerprint density at radius 3 is 2.24 bits per heavy atom. The number of carboxylic acids is 1. The molecule has 2 N–H and O–H groups in total. The number of alkyl carbamates (subject to hydrolysis) is 1. The molecule has 4 rings (SSSR count). The van der Waals surface area contributed by atoms with Gasteiger partial charge in [-0.3, -0.25) is 9.59 Å². The first kappa shape index (κ1) is 22.8. The molecule has 1 atom stereocenters. The van der Waals surface area contributed by atoms with E-state index in [4.69, 9.17) is 9.84 Å². The molecule has 7 heteroatoms. The highest BCUT2D eigenvalue weighted by Gasteiger charge is 2.33. The standard InChI is InChI=1S/C26H30N2O5/c1-2-7-18(13-24(29)28-14-17(15-28)12-25(30)31)27-26(32)33-16-23-21-10-5-3-8-19(21)20-9-4-6-11-22(20)23/h3-6,8-11,17-18,23H,2,7,12-16H2,1H3,(H,27,32)(H,30,31). The Bertz CT molecular complexity index is 985. The Kier molecular flexibility index (Phi) is 6.96. The predicted octanol–water partition coefficient (Wildman–Crippen LogP) is 4.02. The Labute approximate surface area is 193 Å². The summed E-state index contributed by atoms with van der Waals surface area (Å²) >= 11 is 0. The summed E-state index contributed by atoms with van der Waals surface area (Å²) in [7, 11) is 0. The third-order valence-corrected chi connectivity index (χ3v) is 6.50. The van der Waals surface area contributed by atoms with Crippen LogP contribution in [-0.2, 0) is 14.3 Å². The lowest BCUT2D eigenvalue weighted by atomic mass is 9.95. The Morgan fingerprint density at radius 1 is 1.06 bits per heavy atom. The van der Waals surface area contributed by atoms with Crippen molar-refractivity contribution in [2.24, 2.45) is 5.92 Å². The highest BCUT2D eigenvalue weighted by Crippen LogP contribution is 2.44. The number of carbonyl (C=O) groups is 3. The molecule has 2 aliphatic rings. The molecule has 1 saturated heterocycles. The zero-order valence-corrected chi connectivity index (χ0v) is 18.8. The van der Waals surface area contributed by atoms with E-state index in [2.05, 4.69) is 29.6 Å². The summed E-state index contributed by atoms with van der Waals surface area (Å²) in [5, 5.41) is 11.7. The molecular formula is C26H30N2O5. The van der Waals surface area contributed by atoms with Crippen molar-refractivity contribution in [3.8, 4) is 11.1 Å². The van der Waals surface area contributed by atoms with Gasteiger partial charge in [0.15, 0.2) is 0 Å². The van der Waals surface area contributed by atoms with Crippen molar-refractivity contribution in [3.63, 3.8) is 0 Å². The number of aliphatic carboxylic acids is 1. The van der Waals surface area contributed by atoms with Gasteiger partial charge in [0.1, 0.15) is 6.61 Å². The summed E-state index contributed by atoms with van der Waals surface area (Å²) < 4.78 is 5.62. The van der Waals surface area contributed by atoms with Crippen LogP contribution in [0.25, 0.3) is 11.1 Å². The second-order valence-electron chi connectivity index (χ2n) is 8.92. The van der Waals surface area contributed by atoms with Crippen molar-refractivity contribution in [1.82, 2.24) is 10.2 Å². The molecule has 0 spiro atoms. The van der Waals surface area contributed by atoms with E-state index in [1.165, 1.54) is 11.1 Å². The minimum atomic E-state index is -0.840. The Hall–Kier alpha value is -3.35. The van der Waals surface area contributed by atoms with Gasteiger partial charge in [-0.2, -0.15) is 0 Å². The number of amides is 2. The first-order valence-corrected chi connectivity index (χ1v) is 11.6. The molecule has 1 unspecified atom stereocenters. The Balaban J connectivity index is 1.31. The van der Waals surface area contributed by atoms with E-state index in [1.807, 2.05) is 31.2 Å². The number of ether oxygens (including phenoxy) is 1. The first-order chi connectivity index (χ1) is 16.0. The summed E-state index contributed by atoms with van der Waals surface area (Å²) in [6, 6.07) is 16.0. The molecule has 0 bridgehead atoms. The van der Waals surface area contributed by atoms with Gasteiger partial charge in [0.2, 0.25) is 5.91 Å². The monoisotopic (exact) mass is 450 g/mol. The highest BCUT2D eigenvalue weighted by atomic mass is 16.5. The number of rotatable bonds is 9. The second kappa shape index (κ2) is 10.1. The van der Waals surface area contributed by atoms with E-state index in [9.17, 15) is 14.4 Å². The molecule has 7 nitrogen and oxygen atoms in total. The van der Waals surface area contributed by atoms with Crippen LogP contribution in [0.5, 0.6) is 0 Å². The van der Waals surface area contributed by atoms with E-state index < -0.39 is 12.1 Å². The SMILES string of the molecule is CCCC(CC(=O)N1CC(CC(=O)O)C1)NC(=O)OCC1c2ccccc2-c2ccccc21. The summed E-state index contributed by atoms with van der Waals surface area (Å²) in [4.78, 5) is 37.6. The largest absolute Gasteiger partial charge is 0.481 e. The summed E-state index contributed by atoms with van der Waals surface area (Å²) in [6.45, 7) is 3.17. The number of hydrogen-bond donors (Lipinski definition) is 2. The maximum atomic E-state index is 12.6. The zero-order valence-electron chi connectivity index (χ0n) is 18.8. The fourth-order valence-corrected chi connectivity index (χ4v) is 4.87. The first-order valence-electron chi connectivity index (χ1n) is 11.6. The molecule has 0 aromatic heterocycles. The van der Waals surface area contributed by atoms with E-state index >= 15 is 0 Å². The van der Waals surface area contributed by atoms with Crippen molar-refractivity contribution >= 4 is 18.0 Å². The normalized spacial score (nSPS) is 15.8. The van der Waals surface area contributed by atoms with Gasteiger partial charge < -0.3 is 20.1 Å². The third kappa shape index (κ3) is 5.18. The average Bonchev–Trinajstić information content (AvgIpc) is 3.08. The molecule has 2 aromatic carbocycles. The summed E-state index contributed by atoms with van der Waals surface area (Å²) in [6.07, 6.45) is 1.25. The molecule has 1 aliphatic carbocycles. The number of nitrogens with zero attached hydrogens (tertiary/aromatic N) is 1. The topological polar surface area (TPSA) is 95.9 Å². The van der Waals surface area contributed by atoms with Crippen molar-refractivity contribution in [3.05, 3.63) is 59.7 Å². The fourth-order valence-electron chi connectivity index (χ4n) is 4.87. The van der Waals surface area contributed by atoms with Crippen molar-refractivity contribution in [1.29, 1.82) is 0 Å². The number of nitrogens with one attached hydrogen (secondary N) is 1. The van der Waals surface area contributed by atoms with E-state index in [-0.39, 0.29) is 43.2 Å². The van der Waals surface area contributed by atoms with Crippen LogP contribution in [0.3, 0.4) is 0 Å². The fraction of sp³-hybridized carbons (Fsp3) is 0.423. The summed E-state index contributed by atoms with van der Waals surface area (Å²) in [5.41, 5.74) is 4.65. The second-order valence-corrected chi connectivity index (χ2v) is 8.92. The van der Waals surface area contributed by atoms with Crippen LogP contribution in [-0.4, -0.2) is 53.7 Å². The van der Waals surface area contributed by atoms with E-state index in [1.54, 1.807) is 4.90 Å². The molecule has 1 heterocycles. The Morgan fingerprint density at radius 2 is 1.67 bits per heavy atom. The molecule has 1 fully saturated rings. The van der Waals surface area contributed by atoms with Crippen LogP contribution >= 0.6 is 0 Å². The van der Waals surface area contributed by atoms with Gasteiger partial charge in [-0.1, -0.05) is 61.9 Å². The average molecular weight is 451 g/mol. The van der Waals surface area contributed by atoms with Gasteiger partial charge >= 0.3 is 12.1 Å². The van der Waals surface area contributed by atoms with Gasteiger partial charge in [-0.15, -0.1) is 0 Å².